The normalized spacial score (nSPS) is 14.7. The molecular formula is C37H20N2O6S. The number of fused-ring (bicyclic) bond motifs is 2. The Morgan fingerprint density at radius 2 is 0.978 bits per heavy atom. The zero-order chi connectivity index (χ0) is 31.6. The van der Waals surface area contributed by atoms with Gasteiger partial charge in [0, 0.05) is 33.0 Å². The number of nitrogens with zero attached hydrogens (tertiary/aromatic N) is 1. The van der Waals surface area contributed by atoms with E-state index < -0.39 is 33.5 Å². The van der Waals surface area contributed by atoms with E-state index in [-0.39, 0.29) is 15.5 Å². The van der Waals surface area contributed by atoms with Gasteiger partial charge in [0.25, 0.3) is 23.6 Å². The summed E-state index contributed by atoms with van der Waals surface area (Å²) in [6.07, 6.45) is 0. The summed E-state index contributed by atoms with van der Waals surface area (Å²) in [4.78, 5) is 54.8. The molecular weight excluding hydrogens is 600 g/mol. The summed E-state index contributed by atoms with van der Waals surface area (Å²) < 4.78 is 27.0. The van der Waals surface area contributed by atoms with E-state index in [1.54, 1.807) is 55.5 Å². The highest BCUT2D eigenvalue weighted by atomic mass is 32.2. The number of imide groups is 2. The predicted molar refractivity (Wildman–Crippen MR) is 174 cm³/mol. The summed E-state index contributed by atoms with van der Waals surface area (Å²) in [5, 5.41) is 8.16. The number of hydrogen-bond acceptors (Lipinski definition) is 6. The summed E-state index contributed by atoms with van der Waals surface area (Å²) in [6.45, 7) is 1.80. The molecule has 0 fully saturated rings. The fraction of sp³-hybridized carbons (Fsp3) is 0.0270. The Morgan fingerprint density at radius 1 is 0.522 bits per heavy atom. The molecule has 0 saturated carbocycles. The minimum Gasteiger partial charge on any atom is -0.288 e. The van der Waals surface area contributed by atoms with Crippen LogP contribution in [0, 0.1) is 6.92 Å². The van der Waals surface area contributed by atoms with Gasteiger partial charge >= 0.3 is 0 Å². The molecule has 0 atom stereocenters. The number of hydrogen-bond donors (Lipinski definition) is 1. The molecule has 0 unspecified atom stereocenters. The third kappa shape index (κ3) is 3.29. The maximum absolute atomic E-state index is 14.1. The third-order valence-electron chi connectivity index (χ3n) is 9.17. The molecule has 220 valence electrons. The highest BCUT2D eigenvalue weighted by Gasteiger charge is 2.36. The number of benzene rings is 7. The zero-order valence-corrected chi connectivity index (χ0v) is 24.9. The van der Waals surface area contributed by atoms with E-state index in [0.29, 0.717) is 33.0 Å². The molecule has 2 aliphatic heterocycles. The first-order valence-corrected chi connectivity index (χ1v) is 16.0. The highest BCUT2D eigenvalue weighted by molar-refractivity contribution is 7.91. The highest BCUT2D eigenvalue weighted by Crippen LogP contribution is 2.46. The SMILES string of the molecule is Cc1cccc(S(=O)(=O)c2cccc(N3C(=O)c4ccc5c6ccc7c8c(ccc(c9ccc(c4c59)C3=O)c86)C(=O)NC7=O)c2)c1. The molecule has 7 aromatic rings. The average molecular weight is 621 g/mol. The first-order chi connectivity index (χ1) is 22.1. The summed E-state index contributed by atoms with van der Waals surface area (Å²) in [5.74, 6) is -2.04. The van der Waals surface area contributed by atoms with Gasteiger partial charge in [0.05, 0.1) is 15.5 Å². The zero-order valence-electron chi connectivity index (χ0n) is 24.0. The lowest BCUT2D eigenvalue weighted by atomic mass is 9.82. The van der Waals surface area contributed by atoms with Crippen LogP contribution in [0.2, 0.25) is 0 Å². The van der Waals surface area contributed by atoms with Crippen molar-refractivity contribution in [2.45, 2.75) is 16.7 Å². The van der Waals surface area contributed by atoms with Gasteiger partial charge in [-0.2, -0.15) is 0 Å². The van der Waals surface area contributed by atoms with Crippen LogP contribution in [-0.2, 0) is 9.84 Å². The van der Waals surface area contributed by atoms with Gasteiger partial charge in [0.15, 0.2) is 0 Å². The van der Waals surface area contributed by atoms with E-state index in [9.17, 15) is 27.6 Å². The van der Waals surface area contributed by atoms with Crippen molar-refractivity contribution in [1.82, 2.24) is 5.32 Å². The van der Waals surface area contributed by atoms with Crippen LogP contribution in [0.4, 0.5) is 5.69 Å². The molecule has 0 radical (unpaired) electrons. The van der Waals surface area contributed by atoms with Gasteiger partial charge in [0.1, 0.15) is 0 Å². The largest absolute Gasteiger partial charge is 0.288 e. The van der Waals surface area contributed by atoms with Crippen LogP contribution in [0.25, 0.3) is 43.1 Å². The van der Waals surface area contributed by atoms with Crippen molar-refractivity contribution in [3.63, 3.8) is 0 Å². The number of anilines is 1. The van der Waals surface area contributed by atoms with Crippen molar-refractivity contribution >= 4 is 82.2 Å². The number of carbonyl (C=O) groups excluding carboxylic acids is 4. The Hall–Kier alpha value is -5.93. The predicted octanol–water partition coefficient (Wildman–Crippen LogP) is 6.56. The third-order valence-corrected chi connectivity index (χ3v) is 10.9. The van der Waals surface area contributed by atoms with E-state index in [0.717, 1.165) is 42.8 Å². The minimum atomic E-state index is -3.92. The first-order valence-electron chi connectivity index (χ1n) is 14.5. The Morgan fingerprint density at radius 3 is 1.50 bits per heavy atom. The van der Waals surface area contributed by atoms with Gasteiger partial charge in [-0.05, 0) is 99.4 Å². The second-order valence-corrected chi connectivity index (χ2v) is 13.6. The number of amides is 4. The fourth-order valence-corrected chi connectivity index (χ4v) is 8.54. The molecule has 4 amide bonds. The molecule has 0 saturated heterocycles. The van der Waals surface area contributed by atoms with Gasteiger partial charge in [0.2, 0.25) is 9.84 Å². The summed E-state index contributed by atoms with van der Waals surface area (Å²) in [5.41, 5.74) is 2.39. The topological polar surface area (TPSA) is 118 Å². The molecule has 7 aromatic carbocycles. The maximum Gasteiger partial charge on any atom is 0.265 e. The van der Waals surface area contributed by atoms with Crippen LogP contribution < -0.4 is 10.2 Å². The molecule has 2 heterocycles. The molecule has 1 N–H and O–H groups in total. The standard InChI is InChI=1S/C37H20N2O6S/c1-18-4-2-6-20(16-18)46(44,45)21-7-3-5-19(17-21)39-36(42)28-14-10-24-22-8-12-26-32-27(35(41)38-34(26)40)13-9-23(30(22)32)25-11-15-29(37(39)43)33(28)31(24)25/h2-17H,1H3,(H,38,40,41). The second kappa shape index (κ2) is 8.83. The van der Waals surface area contributed by atoms with Crippen LogP contribution in [0.1, 0.15) is 47.0 Å². The minimum absolute atomic E-state index is 0.0315. The maximum atomic E-state index is 14.1. The lowest BCUT2D eigenvalue weighted by Gasteiger charge is -2.29. The van der Waals surface area contributed by atoms with Crippen LogP contribution in [0.5, 0.6) is 0 Å². The van der Waals surface area contributed by atoms with Crippen LogP contribution in [0.15, 0.2) is 107 Å². The van der Waals surface area contributed by atoms with E-state index in [1.165, 1.54) is 24.3 Å². The fourth-order valence-electron chi connectivity index (χ4n) is 7.14. The summed E-state index contributed by atoms with van der Waals surface area (Å²) >= 11 is 0. The number of nitrogens with one attached hydrogen (secondary N) is 1. The first kappa shape index (κ1) is 26.5. The molecule has 8 nitrogen and oxygen atoms in total. The average Bonchev–Trinajstić information content (AvgIpc) is 3.05. The number of rotatable bonds is 3. The van der Waals surface area contributed by atoms with Crippen LogP contribution in [-0.4, -0.2) is 32.0 Å². The Balaban J connectivity index is 1.26. The lowest BCUT2D eigenvalue weighted by Crippen LogP contribution is -2.40. The molecule has 46 heavy (non-hydrogen) atoms. The van der Waals surface area contributed by atoms with Gasteiger partial charge < -0.3 is 0 Å². The number of sulfone groups is 1. The Labute approximate surface area is 261 Å². The lowest BCUT2D eigenvalue weighted by molar-refractivity contribution is 0.0840. The monoisotopic (exact) mass is 620 g/mol. The van der Waals surface area contributed by atoms with Crippen molar-refractivity contribution in [2.75, 3.05) is 4.90 Å². The molecule has 2 aliphatic rings. The summed E-state index contributed by atoms with van der Waals surface area (Å²) in [7, 11) is -3.92. The number of carbonyl (C=O) groups is 4. The van der Waals surface area contributed by atoms with E-state index in [2.05, 4.69) is 5.32 Å². The Kier molecular flexibility index (Phi) is 5.08. The molecule has 0 aliphatic carbocycles. The molecule has 0 spiro atoms. The van der Waals surface area contributed by atoms with Gasteiger partial charge in [-0.25, -0.2) is 13.3 Å². The van der Waals surface area contributed by atoms with Crippen molar-refractivity contribution < 1.29 is 27.6 Å². The summed E-state index contributed by atoms with van der Waals surface area (Å²) in [6, 6.07) is 26.5. The van der Waals surface area contributed by atoms with Crippen molar-refractivity contribution in [1.29, 1.82) is 0 Å². The van der Waals surface area contributed by atoms with Crippen LogP contribution in [0.3, 0.4) is 0 Å². The van der Waals surface area contributed by atoms with Gasteiger partial charge in [-0.15, -0.1) is 0 Å². The Bertz CT molecular complexity index is 2610. The number of aryl methyl sites for hydroxylation is 1. The van der Waals surface area contributed by atoms with E-state index in [4.69, 9.17) is 0 Å². The van der Waals surface area contributed by atoms with Crippen LogP contribution >= 0.6 is 0 Å². The van der Waals surface area contributed by atoms with Gasteiger partial charge in [-0.3, -0.25) is 24.5 Å². The molecule has 9 rings (SSSR count). The van der Waals surface area contributed by atoms with E-state index in [1.807, 2.05) is 24.3 Å². The molecule has 0 aromatic heterocycles. The van der Waals surface area contributed by atoms with Crippen molar-refractivity contribution in [2.24, 2.45) is 0 Å². The van der Waals surface area contributed by atoms with Gasteiger partial charge in [-0.1, -0.05) is 42.5 Å². The van der Waals surface area contributed by atoms with Crippen molar-refractivity contribution in [3.8, 4) is 0 Å². The van der Waals surface area contributed by atoms with E-state index >= 15 is 0 Å². The molecule has 0 bridgehead atoms. The molecule has 9 heteroatoms. The van der Waals surface area contributed by atoms with Crippen molar-refractivity contribution in [3.05, 3.63) is 125 Å². The quantitative estimate of drug-likeness (QED) is 0.136. The smallest absolute Gasteiger partial charge is 0.265 e. The second-order valence-electron chi connectivity index (χ2n) is 11.7.